The monoisotopic (exact) mass is 256 g/mol. The Morgan fingerprint density at radius 2 is 2.00 bits per heavy atom. The first kappa shape index (κ1) is 12.3. The van der Waals surface area contributed by atoms with E-state index in [2.05, 4.69) is 11.9 Å². The van der Waals surface area contributed by atoms with Crippen LogP contribution in [0.15, 0.2) is 30.6 Å². The van der Waals surface area contributed by atoms with Crippen LogP contribution in [0.1, 0.15) is 32.6 Å². The maximum Gasteiger partial charge on any atom is 0.127 e. The van der Waals surface area contributed by atoms with E-state index < -0.39 is 0 Å². The summed E-state index contributed by atoms with van der Waals surface area (Å²) in [5, 5.41) is 2.04. The summed E-state index contributed by atoms with van der Waals surface area (Å²) in [5.41, 5.74) is 6.75. The molecule has 2 aromatic rings. The van der Waals surface area contributed by atoms with Gasteiger partial charge in [-0.15, -0.1) is 0 Å². The van der Waals surface area contributed by atoms with Crippen LogP contribution < -0.4 is 10.5 Å². The number of hydrogen-bond donors (Lipinski definition) is 1. The van der Waals surface area contributed by atoms with Crippen molar-refractivity contribution in [1.29, 1.82) is 0 Å². The quantitative estimate of drug-likeness (QED) is 0.832. The van der Waals surface area contributed by atoms with E-state index in [4.69, 9.17) is 10.5 Å². The molecule has 1 saturated carbocycles. The van der Waals surface area contributed by atoms with Gasteiger partial charge in [-0.25, -0.2) is 0 Å². The Morgan fingerprint density at radius 3 is 2.84 bits per heavy atom. The van der Waals surface area contributed by atoms with Crippen LogP contribution >= 0.6 is 0 Å². The maximum absolute atomic E-state index is 6.25. The molecule has 0 aliphatic heterocycles. The van der Waals surface area contributed by atoms with Crippen molar-refractivity contribution in [1.82, 2.24) is 4.98 Å². The zero-order chi connectivity index (χ0) is 13.2. The minimum Gasteiger partial charge on any atom is -0.490 e. The number of nitrogens with two attached hydrogens (primary N) is 1. The third-order valence-corrected chi connectivity index (χ3v) is 4.12. The number of nitrogen functional groups attached to an aromatic ring is 1. The van der Waals surface area contributed by atoms with Crippen LogP contribution in [0.4, 0.5) is 5.69 Å². The van der Waals surface area contributed by atoms with E-state index in [1.807, 2.05) is 24.4 Å². The van der Waals surface area contributed by atoms with E-state index in [1.165, 1.54) is 19.3 Å². The SMILES string of the molecule is CC1CCCCC1Oc1ccc(N)c2cnccc12. The van der Waals surface area contributed by atoms with E-state index in [9.17, 15) is 0 Å². The molecule has 1 aromatic heterocycles. The predicted molar refractivity (Wildman–Crippen MR) is 78.2 cm³/mol. The van der Waals surface area contributed by atoms with E-state index >= 15 is 0 Å². The minimum absolute atomic E-state index is 0.328. The first-order valence-corrected chi connectivity index (χ1v) is 7.04. The fourth-order valence-corrected chi connectivity index (χ4v) is 2.91. The van der Waals surface area contributed by atoms with E-state index in [-0.39, 0.29) is 0 Å². The van der Waals surface area contributed by atoms with Crippen LogP contribution in [0.25, 0.3) is 10.8 Å². The van der Waals surface area contributed by atoms with Gasteiger partial charge in [-0.05, 0) is 43.4 Å². The lowest BCUT2D eigenvalue weighted by atomic mass is 9.88. The lowest BCUT2D eigenvalue weighted by molar-refractivity contribution is 0.104. The van der Waals surface area contributed by atoms with Crippen molar-refractivity contribution in [3.05, 3.63) is 30.6 Å². The molecule has 0 spiro atoms. The summed E-state index contributed by atoms with van der Waals surface area (Å²) in [6.45, 7) is 2.28. The molecule has 1 aliphatic carbocycles. The summed E-state index contributed by atoms with van der Waals surface area (Å²) in [6.07, 6.45) is 8.93. The summed E-state index contributed by atoms with van der Waals surface area (Å²) in [5.74, 6) is 1.56. The van der Waals surface area contributed by atoms with E-state index in [1.54, 1.807) is 6.20 Å². The number of anilines is 1. The lowest BCUT2D eigenvalue weighted by Crippen LogP contribution is -2.28. The maximum atomic E-state index is 6.25. The first-order chi connectivity index (χ1) is 9.25. The molecular weight excluding hydrogens is 236 g/mol. The van der Waals surface area contributed by atoms with Gasteiger partial charge in [0.05, 0.1) is 0 Å². The Hall–Kier alpha value is -1.77. The lowest BCUT2D eigenvalue weighted by Gasteiger charge is -2.29. The Bertz CT molecular complexity index is 582. The zero-order valence-electron chi connectivity index (χ0n) is 11.3. The van der Waals surface area contributed by atoms with Gasteiger partial charge in [-0.1, -0.05) is 13.3 Å². The molecule has 2 atom stereocenters. The summed E-state index contributed by atoms with van der Waals surface area (Å²) < 4.78 is 6.25. The largest absolute Gasteiger partial charge is 0.490 e. The molecule has 0 radical (unpaired) electrons. The number of pyridine rings is 1. The van der Waals surface area contributed by atoms with Gasteiger partial charge in [-0.3, -0.25) is 4.98 Å². The van der Waals surface area contributed by atoms with Crippen LogP contribution in [0.3, 0.4) is 0 Å². The highest BCUT2D eigenvalue weighted by atomic mass is 16.5. The topological polar surface area (TPSA) is 48.1 Å². The Labute approximate surface area is 113 Å². The highest BCUT2D eigenvalue weighted by Gasteiger charge is 2.23. The molecule has 2 unspecified atom stereocenters. The van der Waals surface area contributed by atoms with E-state index in [0.29, 0.717) is 12.0 Å². The van der Waals surface area contributed by atoms with Crippen LogP contribution in [-0.4, -0.2) is 11.1 Å². The second-order valence-corrected chi connectivity index (χ2v) is 5.49. The average molecular weight is 256 g/mol. The van der Waals surface area contributed by atoms with Crippen LogP contribution in [-0.2, 0) is 0 Å². The highest BCUT2D eigenvalue weighted by Crippen LogP contribution is 2.33. The molecule has 2 N–H and O–H groups in total. The summed E-state index contributed by atoms with van der Waals surface area (Å²) in [7, 11) is 0. The molecule has 0 bridgehead atoms. The molecule has 19 heavy (non-hydrogen) atoms. The second-order valence-electron chi connectivity index (χ2n) is 5.49. The Balaban J connectivity index is 1.94. The predicted octanol–water partition coefficient (Wildman–Crippen LogP) is 3.77. The Kier molecular flexibility index (Phi) is 3.28. The molecule has 3 nitrogen and oxygen atoms in total. The van der Waals surface area contributed by atoms with Gasteiger partial charge < -0.3 is 10.5 Å². The van der Waals surface area contributed by atoms with Gasteiger partial charge in [0.1, 0.15) is 11.9 Å². The second kappa shape index (κ2) is 5.08. The van der Waals surface area contributed by atoms with Crippen LogP contribution in [0, 0.1) is 5.92 Å². The number of nitrogens with zero attached hydrogens (tertiary/aromatic N) is 1. The van der Waals surface area contributed by atoms with Gasteiger partial charge in [0.2, 0.25) is 0 Å². The molecule has 3 rings (SSSR count). The van der Waals surface area contributed by atoms with Gasteiger partial charge in [0.25, 0.3) is 0 Å². The number of fused-ring (bicyclic) bond motifs is 1. The molecule has 3 heteroatoms. The third kappa shape index (κ3) is 2.37. The van der Waals surface area contributed by atoms with Gasteiger partial charge in [-0.2, -0.15) is 0 Å². The summed E-state index contributed by atoms with van der Waals surface area (Å²) in [4.78, 5) is 4.14. The Morgan fingerprint density at radius 1 is 1.16 bits per heavy atom. The summed E-state index contributed by atoms with van der Waals surface area (Å²) in [6, 6.07) is 5.88. The smallest absolute Gasteiger partial charge is 0.127 e. The van der Waals surface area contributed by atoms with Crippen LogP contribution in [0.2, 0.25) is 0 Å². The van der Waals surface area contributed by atoms with Crippen molar-refractivity contribution >= 4 is 16.5 Å². The van der Waals surface area contributed by atoms with Gasteiger partial charge in [0.15, 0.2) is 0 Å². The van der Waals surface area contributed by atoms with Crippen LogP contribution in [0.5, 0.6) is 5.75 Å². The number of rotatable bonds is 2. The standard InChI is InChI=1S/C16H20N2O/c1-11-4-2-3-5-15(11)19-16-7-6-14(17)13-10-18-9-8-12(13)16/h6-11,15H,2-5,17H2,1H3. The van der Waals surface area contributed by atoms with Crippen molar-refractivity contribution in [2.75, 3.05) is 5.73 Å². The molecule has 0 amide bonds. The molecule has 1 aromatic carbocycles. The molecule has 100 valence electrons. The van der Waals surface area contributed by atoms with Crippen molar-refractivity contribution in [3.63, 3.8) is 0 Å². The number of aromatic nitrogens is 1. The van der Waals surface area contributed by atoms with Gasteiger partial charge >= 0.3 is 0 Å². The normalized spacial score (nSPS) is 23.4. The average Bonchev–Trinajstić information content (AvgIpc) is 2.44. The molecule has 0 saturated heterocycles. The fourth-order valence-electron chi connectivity index (χ4n) is 2.91. The minimum atomic E-state index is 0.328. The highest BCUT2D eigenvalue weighted by molar-refractivity contribution is 5.96. The molecule has 1 fully saturated rings. The van der Waals surface area contributed by atoms with Gasteiger partial charge in [0, 0.05) is 28.9 Å². The van der Waals surface area contributed by atoms with Crippen molar-refractivity contribution < 1.29 is 4.74 Å². The summed E-state index contributed by atoms with van der Waals surface area (Å²) >= 11 is 0. The fraction of sp³-hybridized carbons (Fsp3) is 0.438. The van der Waals surface area contributed by atoms with Crippen molar-refractivity contribution in [3.8, 4) is 5.75 Å². The van der Waals surface area contributed by atoms with E-state index in [0.717, 1.165) is 28.6 Å². The molecule has 1 heterocycles. The number of benzene rings is 1. The number of hydrogen-bond acceptors (Lipinski definition) is 3. The molecule has 1 aliphatic rings. The third-order valence-electron chi connectivity index (χ3n) is 4.12. The number of ether oxygens (including phenoxy) is 1. The first-order valence-electron chi connectivity index (χ1n) is 7.04. The zero-order valence-corrected chi connectivity index (χ0v) is 11.3. The van der Waals surface area contributed by atoms with Crippen molar-refractivity contribution in [2.45, 2.75) is 38.7 Å². The van der Waals surface area contributed by atoms with Crippen molar-refractivity contribution in [2.24, 2.45) is 5.92 Å². The molecular formula is C16H20N2O.